The molecule has 2 rings (SSSR count). The number of phenols is 1. The highest BCUT2D eigenvalue weighted by Gasteiger charge is 2.24. The Morgan fingerprint density at radius 3 is 2.63 bits per heavy atom. The first-order valence-electron chi connectivity index (χ1n) is 7.75. The molecule has 0 bridgehead atoms. The van der Waals surface area contributed by atoms with Crippen LogP contribution >= 0.6 is 32.5 Å². The quantitative estimate of drug-likeness (QED) is 0.624. The van der Waals surface area contributed by atoms with Crippen molar-refractivity contribution in [3.05, 3.63) is 33.6 Å². The van der Waals surface area contributed by atoms with Gasteiger partial charge in [0.2, 0.25) is 0 Å². The molecule has 1 amide bonds. The monoisotopic (exact) mass is 431 g/mol. The zero-order chi connectivity index (χ0) is 20.2. The standard InChI is InChI=1S/C16H18ClN3O5S2/c1-16(2,3)25-15(24)19-10(14(22)23)6-8-4-5-9(11(21)7-8)18-13-12(17)20-27-26-13/h4-5,7,10,21H,6H2,1-3H3,(H,19,24)(H,22,23)/b18-13-. The Morgan fingerprint density at radius 2 is 2.11 bits per heavy atom. The number of hydrogen-bond acceptors (Lipinski definition) is 8. The lowest BCUT2D eigenvalue weighted by Crippen LogP contribution is -2.44. The van der Waals surface area contributed by atoms with Crippen molar-refractivity contribution in [3.63, 3.8) is 0 Å². The summed E-state index contributed by atoms with van der Waals surface area (Å²) in [7, 11) is 2.45. The molecule has 0 fully saturated rings. The van der Waals surface area contributed by atoms with Gasteiger partial charge in [0.05, 0.1) is 0 Å². The smallest absolute Gasteiger partial charge is 0.408 e. The number of benzene rings is 1. The summed E-state index contributed by atoms with van der Waals surface area (Å²) in [6.07, 6.45) is -0.863. The number of nitrogens with zero attached hydrogens (tertiary/aromatic N) is 2. The SMILES string of the molecule is CC(C)(C)OC(=O)NC(Cc1ccc(/N=c2\ssnc2Cl)c(O)c1)C(=O)O. The molecule has 0 aliphatic rings. The van der Waals surface area contributed by atoms with Crippen LogP contribution < -0.4 is 9.99 Å². The maximum Gasteiger partial charge on any atom is 0.408 e. The van der Waals surface area contributed by atoms with Gasteiger partial charge in [0, 0.05) is 17.0 Å². The number of ether oxygens (including phenoxy) is 1. The average Bonchev–Trinajstić information content (AvgIpc) is 2.92. The molecule has 1 atom stereocenters. The van der Waals surface area contributed by atoms with Crippen LogP contribution in [0.4, 0.5) is 10.5 Å². The average molecular weight is 432 g/mol. The molecule has 2 aromatic rings. The predicted octanol–water partition coefficient (Wildman–Crippen LogP) is 3.32. The van der Waals surface area contributed by atoms with Crippen LogP contribution in [0.5, 0.6) is 5.75 Å². The normalized spacial score (nSPS) is 13.3. The molecule has 27 heavy (non-hydrogen) atoms. The number of hydrogen-bond donors (Lipinski definition) is 3. The molecular weight excluding hydrogens is 414 g/mol. The molecule has 0 saturated heterocycles. The van der Waals surface area contributed by atoms with Crippen LogP contribution in [0.15, 0.2) is 23.2 Å². The van der Waals surface area contributed by atoms with Crippen molar-refractivity contribution in [1.29, 1.82) is 0 Å². The maximum atomic E-state index is 11.8. The third kappa shape index (κ3) is 6.49. The number of halogens is 1. The van der Waals surface area contributed by atoms with Crippen molar-refractivity contribution >= 4 is 50.2 Å². The van der Waals surface area contributed by atoms with E-state index in [0.717, 1.165) is 0 Å². The molecule has 0 saturated carbocycles. The number of amides is 1. The molecule has 146 valence electrons. The van der Waals surface area contributed by atoms with Gasteiger partial charge in [0.25, 0.3) is 0 Å². The molecule has 0 aliphatic carbocycles. The van der Waals surface area contributed by atoms with E-state index in [4.69, 9.17) is 16.3 Å². The van der Waals surface area contributed by atoms with Crippen molar-refractivity contribution < 1.29 is 24.5 Å². The molecule has 8 nitrogen and oxygen atoms in total. The minimum Gasteiger partial charge on any atom is -0.506 e. The first-order chi connectivity index (χ1) is 12.5. The first-order valence-corrected chi connectivity index (χ1v) is 10.2. The third-order valence-electron chi connectivity index (χ3n) is 3.10. The Hall–Kier alpha value is -2.17. The Kier molecular flexibility index (Phi) is 6.79. The van der Waals surface area contributed by atoms with E-state index in [1.54, 1.807) is 26.8 Å². The van der Waals surface area contributed by atoms with Gasteiger partial charge in [-0.2, -0.15) is 4.37 Å². The van der Waals surface area contributed by atoms with Gasteiger partial charge in [-0.3, -0.25) is 0 Å². The van der Waals surface area contributed by atoms with E-state index >= 15 is 0 Å². The van der Waals surface area contributed by atoms with E-state index < -0.39 is 23.7 Å². The van der Waals surface area contributed by atoms with Gasteiger partial charge in [-0.15, -0.1) is 0 Å². The van der Waals surface area contributed by atoms with Gasteiger partial charge in [-0.05, 0) is 48.8 Å². The highest BCUT2D eigenvalue weighted by Crippen LogP contribution is 2.28. The molecule has 11 heteroatoms. The molecule has 1 aromatic heterocycles. The molecule has 0 radical (unpaired) electrons. The third-order valence-corrected chi connectivity index (χ3v) is 5.27. The summed E-state index contributed by atoms with van der Waals surface area (Å²) in [5, 5.41) is 22.1. The molecule has 1 aromatic carbocycles. The van der Waals surface area contributed by atoms with Gasteiger partial charge in [0.1, 0.15) is 23.1 Å². The van der Waals surface area contributed by atoms with E-state index in [-0.39, 0.29) is 23.0 Å². The van der Waals surface area contributed by atoms with Crippen LogP contribution in [0.1, 0.15) is 26.3 Å². The number of aromatic nitrogens is 1. The summed E-state index contributed by atoms with van der Waals surface area (Å²) in [4.78, 5) is 27.5. The van der Waals surface area contributed by atoms with Crippen LogP contribution in [0.3, 0.4) is 0 Å². The second-order valence-corrected chi connectivity index (χ2v) is 8.71. The lowest BCUT2D eigenvalue weighted by molar-refractivity contribution is -0.139. The maximum absolute atomic E-state index is 11.8. The Morgan fingerprint density at radius 1 is 1.41 bits per heavy atom. The number of nitrogens with one attached hydrogen (secondary N) is 1. The molecule has 0 spiro atoms. The minimum absolute atomic E-state index is 0.0359. The number of carboxylic acids is 1. The largest absolute Gasteiger partial charge is 0.506 e. The fraction of sp³-hybridized carbons (Fsp3) is 0.375. The number of carbonyl (C=O) groups is 2. The van der Waals surface area contributed by atoms with Crippen molar-refractivity contribution in [2.24, 2.45) is 4.99 Å². The predicted molar refractivity (Wildman–Crippen MR) is 103 cm³/mol. The van der Waals surface area contributed by atoms with E-state index in [2.05, 4.69) is 14.7 Å². The van der Waals surface area contributed by atoms with Gasteiger partial charge in [-0.1, -0.05) is 17.7 Å². The number of rotatable bonds is 5. The summed E-state index contributed by atoms with van der Waals surface area (Å²) in [6, 6.07) is 3.34. The van der Waals surface area contributed by atoms with Crippen LogP contribution in [0.2, 0.25) is 5.15 Å². The Bertz CT molecular complexity index is 904. The van der Waals surface area contributed by atoms with Crippen LogP contribution in [-0.4, -0.2) is 38.3 Å². The van der Waals surface area contributed by atoms with E-state index in [9.17, 15) is 19.8 Å². The Balaban J connectivity index is 2.15. The topological polar surface area (TPSA) is 121 Å². The van der Waals surface area contributed by atoms with Crippen molar-refractivity contribution in [1.82, 2.24) is 9.69 Å². The molecular formula is C16H18ClN3O5S2. The number of carbonyl (C=O) groups excluding carboxylic acids is 1. The minimum atomic E-state index is -1.22. The summed E-state index contributed by atoms with van der Waals surface area (Å²) in [5.41, 5.74) is 0.0464. The van der Waals surface area contributed by atoms with Gasteiger partial charge in [-0.25, -0.2) is 14.6 Å². The molecule has 0 aliphatic heterocycles. The number of aliphatic carboxylic acids is 1. The number of aromatic hydroxyl groups is 1. The Labute approximate surface area is 167 Å². The van der Waals surface area contributed by atoms with Crippen molar-refractivity contribution in [2.75, 3.05) is 0 Å². The zero-order valence-corrected chi connectivity index (χ0v) is 17.1. The summed E-state index contributed by atoms with van der Waals surface area (Å²) >= 11 is 5.89. The molecule has 1 unspecified atom stereocenters. The summed E-state index contributed by atoms with van der Waals surface area (Å²) in [5.74, 6) is -1.35. The summed E-state index contributed by atoms with van der Waals surface area (Å²) in [6.45, 7) is 5.04. The highest BCUT2D eigenvalue weighted by atomic mass is 35.5. The number of alkyl carbamates (subject to hydrolysis) is 1. The summed E-state index contributed by atoms with van der Waals surface area (Å²) < 4.78 is 9.45. The fourth-order valence-corrected chi connectivity index (χ4v) is 4.00. The first kappa shape index (κ1) is 21.1. The molecule has 1 heterocycles. The lowest BCUT2D eigenvalue weighted by Gasteiger charge is -2.22. The zero-order valence-electron chi connectivity index (χ0n) is 14.7. The highest BCUT2D eigenvalue weighted by molar-refractivity contribution is 7.66. The fourth-order valence-electron chi connectivity index (χ4n) is 2.01. The van der Waals surface area contributed by atoms with E-state index in [1.807, 2.05) is 0 Å². The van der Waals surface area contributed by atoms with Gasteiger partial charge >= 0.3 is 12.1 Å². The number of carboxylic acid groups (broad SMARTS) is 1. The van der Waals surface area contributed by atoms with E-state index in [1.165, 1.54) is 33.0 Å². The lowest BCUT2D eigenvalue weighted by atomic mass is 10.1. The molecule has 3 N–H and O–H groups in total. The number of phenolic OH excluding ortho intramolecular Hbond substituents is 1. The van der Waals surface area contributed by atoms with E-state index in [0.29, 0.717) is 10.2 Å². The van der Waals surface area contributed by atoms with Gasteiger partial charge < -0.3 is 20.3 Å². The second-order valence-electron chi connectivity index (χ2n) is 6.52. The van der Waals surface area contributed by atoms with Crippen LogP contribution in [0, 0.1) is 0 Å². The van der Waals surface area contributed by atoms with Crippen LogP contribution in [0.25, 0.3) is 0 Å². The second kappa shape index (κ2) is 8.68. The van der Waals surface area contributed by atoms with Crippen molar-refractivity contribution in [3.8, 4) is 5.75 Å². The van der Waals surface area contributed by atoms with Gasteiger partial charge in [0.15, 0.2) is 9.82 Å². The van der Waals surface area contributed by atoms with Crippen molar-refractivity contribution in [2.45, 2.75) is 38.8 Å². The van der Waals surface area contributed by atoms with Crippen LogP contribution in [-0.2, 0) is 16.0 Å².